The first-order valence-corrected chi connectivity index (χ1v) is 6.62. The van der Waals surface area contributed by atoms with Crippen LogP contribution in [0.25, 0.3) is 0 Å². The Labute approximate surface area is 95.4 Å². The van der Waals surface area contributed by atoms with Crippen molar-refractivity contribution in [3.05, 3.63) is 0 Å². The molecule has 0 aromatic carbocycles. The van der Waals surface area contributed by atoms with Crippen LogP contribution in [-0.4, -0.2) is 38.1 Å². The van der Waals surface area contributed by atoms with E-state index in [0.29, 0.717) is 0 Å². The molecule has 0 aromatic rings. The monoisotopic (exact) mass is 212 g/mol. The van der Waals surface area contributed by atoms with Crippen molar-refractivity contribution in [2.75, 3.05) is 27.2 Å². The van der Waals surface area contributed by atoms with Gasteiger partial charge in [-0.3, -0.25) is 0 Å². The fourth-order valence-corrected chi connectivity index (χ4v) is 2.59. The maximum absolute atomic E-state index is 3.40. The van der Waals surface area contributed by atoms with E-state index in [1.165, 1.54) is 51.6 Å². The van der Waals surface area contributed by atoms with Gasteiger partial charge in [0, 0.05) is 12.6 Å². The van der Waals surface area contributed by atoms with Crippen molar-refractivity contribution in [2.45, 2.75) is 51.5 Å². The standard InChI is InChI=1S/C13H28N2/c1-4-5-10-15(3)11-12-6-8-13(14-2)9-7-12/h12-14H,4-11H2,1-3H3. The van der Waals surface area contributed by atoms with Crippen LogP contribution in [0.5, 0.6) is 0 Å². The first-order chi connectivity index (χ1) is 7.26. The summed E-state index contributed by atoms with van der Waals surface area (Å²) >= 11 is 0. The smallest absolute Gasteiger partial charge is 0.00642 e. The lowest BCUT2D eigenvalue weighted by Gasteiger charge is -2.31. The average molecular weight is 212 g/mol. The largest absolute Gasteiger partial charge is 0.317 e. The van der Waals surface area contributed by atoms with Crippen molar-refractivity contribution >= 4 is 0 Å². The Bertz CT molecular complexity index is 151. The molecule has 2 nitrogen and oxygen atoms in total. The average Bonchev–Trinajstić information content (AvgIpc) is 2.27. The number of nitrogens with one attached hydrogen (secondary N) is 1. The number of hydrogen-bond donors (Lipinski definition) is 1. The minimum Gasteiger partial charge on any atom is -0.317 e. The van der Waals surface area contributed by atoms with Gasteiger partial charge in [-0.2, -0.15) is 0 Å². The van der Waals surface area contributed by atoms with E-state index in [0.717, 1.165) is 12.0 Å². The van der Waals surface area contributed by atoms with Gasteiger partial charge in [0.05, 0.1) is 0 Å². The summed E-state index contributed by atoms with van der Waals surface area (Å²) in [6, 6.07) is 0.794. The molecule has 0 atom stereocenters. The number of nitrogens with zero attached hydrogens (tertiary/aromatic N) is 1. The third-order valence-corrected chi connectivity index (χ3v) is 3.72. The molecule has 1 aliphatic carbocycles. The van der Waals surface area contributed by atoms with Crippen LogP contribution >= 0.6 is 0 Å². The molecule has 0 spiro atoms. The molecule has 1 rings (SSSR count). The highest BCUT2D eigenvalue weighted by Crippen LogP contribution is 2.24. The Morgan fingerprint density at radius 1 is 1.20 bits per heavy atom. The molecule has 15 heavy (non-hydrogen) atoms. The van der Waals surface area contributed by atoms with Gasteiger partial charge in [-0.15, -0.1) is 0 Å². The van der Waals surface area contributed by atoms with Crippen LogP contribution in [0.2, 0.25) is 0 Å². The normalized spacial score (nSPS) is 27.2. The summed E-state index contributed by atoms with van der Waals surface area (Å²) in [5.41, 5.74) is 0. The van der Waals surface area contributed by atoms with E-state index in [2.05, 4.69) is 31.2 Å². The quantitative estimate of drug-likeness (QED) is 0.728. The second-order valence-electron chi connectivity index (χ2n) is 5.12. The molecular formula is C13H28N2. The van der Waals surface area contributed by atoms with E-state index >= 15 is 0 Å². The first-order valence-electron chi connectivity index (χ1n) is 6.62. The summed E-state index contributed by atoms with van der Waals surface area (Å²) in [5, 5.41) is 3.40. The van der Waals surface area contributed by atoms with Gasteiger partial charge in [-0.1, -0.05) is 13.3 Å². The Morgan fingerprint density at radius 3 is 2.40 bits per heavy atom. The van der Waals surface area contributed by atoms with Gasteiger partial charge in [-0.05, 0) is 58.7 Å². The van der Waals surface area contributed by atoms with Crippen molar-refractivity contribution in [3.8, 4) is 0 Å². The maximum Gasteiger partial charge on any atom is 0.00642 e. The summed E-state index contributed by atoms with van der Waals surface area (Å²) in [4.78, 5) is 2.52. The molecule has 0 aromatic heterocycles. The molecule has 0 bridgehead atoms. The first kappa shape index (κ1) is 13.0. The third-order valence-electron chi connectivity index (χ3n) is 3.72. The molecular weight excluding hydrogens is 184 g/mol. The Hall–Kier alpha value is -0.0800. The lowest BCUT2D eigenvalue weighted by molar-refractivity contribution is 0.214. The lowest BCUT2D eigenvalue weighted by atomic mass is 9.86. The Morgan fingerprint density at radius 2 is 1.87 bits per heavy atom. The molecule has 0 saturated heterocycles. The van der Waals surface area contributed by atoms with Crippen molar-refractivity contribution in [3.63, 3.8) is 0 Å². The van der Waals surface area contributed by atoms with Crippen LogP contribution in [0, 0.1) is 5.92 Å². The van der Waals surface area contributed by atoms with Gasteiger partial charge in [0.2, 0.25) is 0 Å². The van der Waals surface area contributed by atoms with E-state index in [-0.39, 0.29) is 0 Å². The zero-order valence-corrected chi connectivity index (χ0v) is 10.8. The molecule has 1 saturated carbocycles. The van der Waals surface area contributed by atoms with E-state index in [1.807, 2.05) is 0 Å². The molecule has 1 N–H and O–H groups in total. The molecule has 0 aliphatic heterocycles. The minimum atomic E-state index is 0.794. The molecule has 1 aliphatic rings. The molecule has 0 amide bonds. The van der Waals surface area contributed by atoms with Gasteiger partial charge in [0.15, 0.2) is 0 Å². The highest BCUT2D eigenvalue weighted by Gasteiger charge is 2.20. The van der Waals surface area contributed by atoms with Crippen molar-refractivity contribution in [1.29, 1.82) is 0 Å². The molecule has 90 valence electrons. The molecule has 0 heterocycles. The third kappa shape index (κ3) is 4.98. The predicted octanol–water partition coefficient (Wildman–Crippen LogP) is 2.50. The van der Waals surface area contributed by atoms with Gasteiger partial charge in [0.1, 0.15) is 0 Å². The fourth-order valence-electron chi connectivity index (χ4n) is 2.59. The predicted molar refractivity (Wildman–Crippen MR) is 67.2 cm³/mol. The summed E-state index contributed by atoms with van der Waals surface area (Å²) in [7, 11) is 4.37. The highest BCUT2D eigenvalue weighted by molar-refractivity contribution is 4.77. The zero-order valence-electron chi connectivity index (χ0n) is 10.8. The van der Waals surface area contributed by atoms with Crippen molar-refractivity contribution < 1.29 is 0 Å². The molecule has 0 unspecified atom stereocenters. The summed E-state index contributed by atoms with van der Waals surface area (Å²) in [6.07, 6.45) is 8.26. The number of rotatable bonds is 6. The molecule has 1 fully saturated rings. The fraction of sp³-hybridized carbons (Fsp3) is 1.00. The lowest BCUT2D eigenvalue weighted by Crippen LogP contribution is -2.34. The van der Waals surface area contributed by atoms with Crippen LogP contribution in [0.4, 0.5) is 0 Å². The number of unbranched alkanes of at least 4 members (excludes halogenated alkanes) is 1. The molecule has 2 heteroatoms. The SMILES string of the molecule is CCCCN(C)CC1CCC(NC)CC1. The Kier molecular flexibility index (Phi) is 6.26. The van der Waals surface area contributed by atoms with E-state index in [9.17, 15) is 0 Å². The van der Waals surface area contributed by atoms with E-state index < -0.39 is 0 Å². The van der Waals surface area contributed by atoms with Crippen LogP contribution in [0.15, 0.2) is 0 Å². The maximum atomic E-state index is 3.40. The van der Waals surface area contributed by atoms with Gasteiger partial charge < -0.3 is 10.2 Å². The van der Waals surface area contributed by atoms with Crippen LogP contribution in [0.1, 0.15) is 45.4 Å². The van der Waals surface area contributed by atoms with E-state index in [1.54, 1.807) is 0 Å². The van der Waals surface area contributed by atoms with Gasteiger partial charge >= 0.3 is 0 Å². The van der Waals surface area contributed by atoms with Crippen LogP contribution in [-0.2, 0) is 0 Å². The summed E-state index contributed by atoms with van der Waals surface area (Å²) in [5.74, 6) is 0.955. The van der Waals surface area contributed by atoms with Crippen LogP contribution in [0.3, 0.4) is 0 Å². The van der Waals surface area contributed by atoms with Gasteiger partial charge in [0.25, 0.3) is 0 Å². The Balaban J connectivity index is 2.12. The van der Waals surface area contributed by atoms with Crippen molar-refractivity contribution in [2.24, 2.45) is 5.92 Å². The second-order valence-corrected chi connectivity index (χ2v) is 5.12. The minimum absolute atomic E-state index is 0.794. The van der Waals surface area contributed by atoms with Crippen LogP contribution < -0.4 is 5.32 Å². The zero-order chi connectivity index (χ0) is 11.1. The summed E-state index contributed by atoms with van der Waals surface area (Å²) < 4.78 is 0. The summed E-state index contributed by atoms with van der Waals surface area (Å²) in [6.45, 7) is 4.87. The van der Waals surface area contributed by atoms with E-state index in [4.69, 9.17) is 0 Å². The second kappa shape index (κ2) is 7.24. The molecule has 0 radical (unpaired) electrons. The van der Waals surface area contributed by atoms with Gasteiger partial charge in [-0.25, -0.2) is 0 Å². The number of hydrogen-bond acceptors (Lipinski definition) is 2. The van der Waals surface area contributed by atoms with Crippen molar-refractivity contribution in [1.82, 2.24) is 10.2 Å². The highest BCUT2D eigenvalue weighted by atomic mass is 15.1. The topological polar surface area (TPSA) is 15.3 Å².